The summed E-state index contributed by atoms with van der Waals surface area (Å²) in [6.07, 6.45) is 1.73. The SMILES string of the molecule is Cn1c(=O)c2ccc3ncn(C)c4ccc(c1=O)c2c34. The van der Waals surface area contributed by atoms with Gasteiger partial charge in [0.2, 0.25) is 0 Å². The average Bonchev–Trinajstić information content (AvgIpc) is 2.47. The average molecular weight is 265 g/mol. The normalized spacial score (nSPS) is 11.9. The number of aromatic nitrogens is 3. The highest BCUT2D eigenvalue weighted by atomic mass is 16.2. The number of benzene rings is 2. The topological polar surface area (TPSA) is 56.9 Å². The van der Waals surface area contributed by atoms with Gasteiger partial charge < -0.3 is 4.57 Å². The lowest BCUT2D eigenvalue weighted by molar-refractivity contribution is 0.841. The molecule has 2 heterocycles. The third-order valence-corrected chi connectivity index (χ3v) is 3.94. The Morgan fingerprint density at radius 3 is 2.25 bits per heavy atom. The largest absolute Gasteiger partial charge is 0.335 e. The molecule has 0 fully saturated rings. The summed E-state index contributed by atoms with van der Waals surface area (Å²) in [5.41, 5.74) is 1.23. The molecule has 5 heteroatoms. The van der Waals surface area contributed by atoms with Crippen molar-refractivity contribution < 1.29 is 0 Å². The smallest absolute Gasteiger partial charge is 0.261 e. The maximum absolute atomic E-state index is 12.3. The Morgan fingerprint density at radius 1 is 0.900 bits per heavy atom. The Bertz CT molecular complexity index is 1070. The molecule has 0 N–H and O–H groups in total. The second-order valence-corrected chi connectivity index (χ2v) is 5.04. The summed E-state index contributed by atoms with van der Waals surface area (Å²) in [6.45, 7) is 0. The van der Waals surface area contributed by atoms with Crippen LogP contribution in [-0.4, -0.2) is 14.1 Å². The molecule has 0 radical (unpaired) electrons. The predicted molar refractivity (Wildman–Crippen MR) is 78.4 cm³/mol. The first-order chi connectivity index (χ1) is 9.59. The quantitative estimate of drug-likeness (QED) is 0.451. The van der Waals surface area contributed by atoms with Gasteiger partial charge in [0.05, 0.1) is 17.4 Å². The second kappa shape index (κ2) is 3.45. The lowest BCUT2D eigenvalue weighted by Crippen LogP contribution is -2.30. The van der Waals surface area contributed by atoms with Crippen LogP contribution in [0.25, 0.3) is 32.6 Å². The Balaban J connectivity index is 2.54. The molecule has 0 saturated carbocycles. The molecule has 0 aliphatic rings. The van der Waals surface area contributed by atoms with Crippen LogP contribution in [-0.2, 0) is 14.1 Å². The first-order valence-electron chi connectivity index (χ1n) is 6.28. The fraction of sp³-hybridized carbons (Fsp3) is 0.133. The molecule has 0 amide bonds. The van der Waals surface area contributed by atoms with E-state index in [-0.39, 0.29) is 11.1 Å². The van der Waals surface area contributed by atoms with Gasteiger partial charge in [-0.1, -0.05) is 0 Å². The molecular formula is C15H11N3O2. The Hall–Kier alpha value is -2.69. The molecule has 0 aliphatic heterocycles. The van der Waals surface area contributed by atoms with E-state index in [1.165, 1.54) is 7.05 Å². The minimum atomic E-state index is -0.261. The lowest BCUT2D eigenvalue weighted by Gasteiger charge is -2.12. The Kier molecular flexibility index (Phi) is 1.92. The van der Waals surface area contributed by atoms with Crippen LogP contribution >= 0.6 is 0 Å². The van der Waals surface area contributed by atoms with Gasteiger partial charge in [0.1, 0.15) is 0 Å². The summed E-state index contributed by atoms with van der Waals surface area (Å²) in [6, 6.07) is 7.26. The van der Waals surface area contributed by atoms with Crippen LogP contribution in [0.4, 0.5) is 0 Å². The van der Waals surface area contributed by atoms with E-state index in [2.05, 4.69) is 4.98 Å². The third-order valence-electron chi connectivity index (χ3n) is 3.94. The van der Waals surface area contributed by atoms with Crippen molar-refractivity contribution >= 4 is 32.6 Å². The van der Waals surface area contributed by atoms with Crippen molar-refractivity contribution in [2.75, 3.05) is 0 Å². The van der Waals surface area contributed by atoms with E-state index >= 15 is 0 Å². The van der Waals surface area contributed by atoms with Gasteiger partial charge in [-0.2, -0.15) is 0 Å². The molecule has 0 unspecified atom stereocenters. The fourth-order valence-corrected chi connectivity index (χ4v) is 2.88. The number of aryl methyl sites for hydroxylation is 1. The van der Waals surface area contributed by atoms with Crippen LogP contribution in [0.5, 0.6) is 0 Å². The van der Waals surface area contributed by atoms with E-state index in [0.29, 0.717) is 10.8 Å². The molecule has 98 valence electrons. The van der Waals surface area contributed by atoms with Crippen molar-refractivity contribution in [2.24, 2.45) is 14.1 Å². The summed E-state index contributed by atoms with van der Waals surface area (Å²) in [4.78, 5) is 28.9. The Morgan fingerprint density at radius 2 is 1.55 bits per heavy atom. The minimum absolute atomic E-state index is 0.261. The first kappa shape index (κ1) is 11.2. The molecule has 2 aromatic heterocycles. The number of nitrogens with zero attached hydrogens (tertiary/aromatic N) is 3. The lowest BCUT2D eigenvalue weighted by atomic mass is 10.0. The number of pyridine rings is 1. The molecular weight excluding hydrogens is 254 g/mol. The summed E-state index contributed by atoms with van der Waals surface area (Å²) in [7, 11) is 3.41. The van der Waals surface area contributed by atoms with Gasteiger partial charge in [0, 0.05) is 35.6 Å². The molecule has 2 aromatic carbocycles. The van der Waals surface area contributed by atoms with Crippen molar-refractivity contribution in [3.63, 3.8) is 0 Å². The van der Waals surface area contributed by atoms with Gasteiger partial charge in [0.25, 0.3) is 11.1 Å². The molecule has 0 aliphatic carbocycles. The van der Waals surface area contributed by atoms with Gasteiger partial charge in [0.15, 0.2) is 0 Å². The molecule has 0 spiro atoms. The summed E-state index contributed by atoms with van der Waals surface area (Å²) in [5.74, 6) is 0. The standard InChI is InChI=1S/C15H11N3O2/c1-17-7-16-10-5-3-8-12-9(4-6-11(17)13(10)12)15(20)18(2)14(8)19/h3-7H,1-2H3. The highest BCUT2D eigenvalue weighted by molar-refractivity contribution is 6.20. The summed E-state index contributed by atoms with van der Waals surface area (Å²) in [5, 5.41) is 2.72. The van der Waals surface area contributed by atoms with Crippen LogP contribution in [0.2, 0.25) is 0 Å². The zero-order valence-corrected chi connectivity index (χ0v) is 11.0. The number of hydrogen-bond acceptors (Lipinski definition) is 3. The van der Waals surface area contributed by atoms with Crippen molar-refractivity contribution in [2.45, 2.75) is 0 Å². The molecule has 4 rings (SSSR count). The maximum Gasteiger partial charge on any atom is 0.261 e. The van der Waals surface area contributed by atoms with Gasteiger partial charge in [-0.25, -0.2) is 4.98 Å². The van der Waals surface area contributed by atoms with Gasteiger partial charge in [-0.05, 0) is 24.3 Å². The monoisotopic (exact) mass is 265 g/mol. The number of rotatable bonds is 0. The van der Waals surface area contributed by atoms with Gasteiger partial charge in [-0.3, -0.25) is 14.2 Å². The highest BCUT2D eigenvalue weighted by Gasteiger charge is 2.15. The van der Waals surface area contributed by atoms with E-state index < -0.39 is 0 Å². The van der Waals surface area contributed by atoms with Crippen LogP contribution in [0, 0.1) is 0 Å². The van der Waals surface area contributed by atoms with E-state index in [0.717, 1.165) is 26.4 Å². The van der Waals surface area contributed by atoms with E-state index in [4.69, 9.17) is 0 Å². The van der Waals surface area contributed by atoms with Gasteiger partial charge >= 0.3 is 0 Å². The van der Waals surface area contributed by atoms with Crippen molar-refractivity contribution in [1.29, 1.82) is 0 Å². The van der Waals surface area contributed by atoms with E-state index in [1.54, 1.807) is 18.5 Å². The molecule has 0 saturated heterocycles. The van der Waals surface area contributed by atoms with Crippen LogP contribution in [0.15, 0.2) is 40.2 Å². The third kappa shape index (κ3) is 1.15. The summed E-state index contributed by atoms with van der Waals surface area (Å²) < 4.78 is 3.05. The predicted octanol–water partition coefficient (Wildman–Crippen LogP) is 1.38. The number of hydrogen-bond donors (Lipinski definition) is 0. The van der Waals surface area contributed by atoms with Crippen molar-refractivity contribution in [3.8, 4) is 0 Å². The zero-order chi connectivity index (χ0) is 14.0. The molecule has 5 nitrogen and oxygen atoms in total. The highest BCUT2D eigenvalue weighted by Crippen LogP contribution is 2.29. The molecule has 20 heavy (non-hydrogen) atoms. The maximum atomic E-state index is 12.3. The van der Waals surface area contributed by atoms with Crippen molar-refractivity contribution in [3.05, 3.63) is 51.3 Å². The fourth-order valence-electron chi connectivity index (χ4n) is 2.88. The first-order valence-corrected chi connectivity index (χ1v) is 6.28. The second-order valence-electron chi connectivity index (χ2n) is 5.04. The van der Waals surface area contributed by atoms with E-state index in [1.807, 2.05) is 23.7 Å². The summed E-state index contributed by atoms with van der Waals surface area (Å²) >= 11 is 0. The van der Waals surface area contributed by atoms with E-state index in [9.17, 15) is 9.59 Å². The van der Waals surface area contributed by atoms with Crippen LogP contribution in [0.3, 0.4) is 0 Å². The molecule has 0 bridgehead atoms. The van der Waals surface area contributed by atoms with Crippen LogP contribution < -0.4 is 11.1 Å². The minimum Gasteiger partial charge on any atom is -0.335 e. The molecule has 4 aromatic rings. The molecule has 0 atom stereocenters. The zero-order valence-electron chi connectivity index (χ0n) is 11.0. The van der Waals surface area contributed by atoms with Crippen LogP contribution in [0.1, 0.15) is 0 Å². The van der Waals surface area contributed by atoms with Gasteiger partial charge in [-0.15, -0.1) is 0 Å². The Labute approximate surface area is 113 Å². The van der Waals surface area contributed by atoms with Crippen molar-refractivity contribution in [1.82, 2.24) is 14.1 Å².